The molecule has 11 atom stereocenters. The van der Waals surface area contributed by atoms with Crippen molar-refractivity contribution >= 4 is 11.9 Å². The van der Waals surface area contributed by atoms with Crippen LogP contribution in [0.2, 0.25) is 0 Å². The van der Waals surface area contributed by atoms with Crippen LogP contribution in [0.3, 0.4) is 0 Å². The van der Waals surface area contributed by atoms with E-state index < -0.39 is 24.4 Å². The van der Waals surface area contributed by atoms with Gasteiger partial charge in [0.05, 0.1) is 38.1 Å². The maximum atomic E-state index is 12.3. The van der Waals surface area contributed by atoms with Crippen LogP contribution in [0, 0.1) is 35.5 Å². The minimum atomic E-state index is -0.591. The third-order valence-electron chi connectivity index (χ3n) is 10.4. The third kappa shape index (κ3) is 12.5. The quantitative estimate of drug-likeness (QED) is 0.182. The van der Waals surface area contributed by atoms with Gasteiger partial charge in [-0.3, -0.25) is 15.3 Å². The number of aliphatic hydroxyl groups is 3. The highest BCUT2D eigenvalue weighted by Crippen LogP contribution is 2.43. The van der Waals surface area contributed by atoms with Crippen LogP contribution in [0.1, 0.15) is 111 Å². The standard InChI is InChI=1S/C34H62N2O8/c1-21(2)14-24-6-5-7-28(40)16-27(15-24)32(44-23(4)39)19-29(43-22(3)38)9-8-25-17-33(42-13-12-37)31(41)20-30(25)26-10-11-36-34(35)18-26/h21,24-34,36-37,40-41H,5-20,35H2,1-4H3/p+1. The van der Waals surface area contributed by atoms with Crippen molar-refractivity contribution in [3.05, 3.63) is 0 Å². The van der Waals surface area contributed by atoms with Crippen LogP contribution in [0.5, 0.6) is 0 Å². The van der Waals surface area contributed by atoms with Crippen molar-refractivity contribution < 1.29 is 44.4 Å². The average Bonchev–Trinajstić information content (AvgIpc) is 2.92. The Morgan fingerprint density at radius 2 is 1.73 bits per heavy atom. The topological polar surface area (TPSA) is 165 Å². The molecule has 10 heteroatoms. The van der Waals surface area contributed by atoms with Crippen molar-refractivity contribution in [1.29, 1.82) is 0 Å². The molecule has 1 aliphatic heterocycles. The number of aliphatic hydroxyl groups excluding tert-OH is 3. The molecule has 44 heavy (non-hydrogen) atoms. The summed E-state index contributed by atoms with van der Waals surface area (Å²) in [5, 5.41) is 33.3. The first kappa shape index (κ1) is 37.2. The number of nitrogens with two attached hydrogens (primary N) is 2. The lowest BCUT2D eigenvalue weighted by Gasteiger charge is -2.44. The summed E-state index contributed by atoms with van der Waals surface area (Å²) in [6.45, 7) is 8.39. The van der Waals surface area contributed by atoms with Crippen LogP contribution in [-0.2, 0) is 23.8 Å². The monoisotopic (exact) mass is 627 g/mol. The number of hydrogen-bond donors (Lipinski definition) is 5. The van der Waals surface area contributed by atoms with Crippen molar-refractivity contribution in [3.8, 4) is 0 Å². The van der Waals surface area contributed by atoms with Gasteiger partial charge in [-0.1, -0.05) is 26.7 Å². The number of quaternary nitrogens is 1. The summed E-state index contributed by atoms with van der Waals surface area (Å²) in [5.41, 5.74) is 6.33. The fourth-order valence-corrected chi connectivity index (χ4v) is 8.63. The van der Waals surface area contributed by atoms with Gasteiger partial charge in [0, 0.05) is 26.7 Å². The molecule has 11 unspecified atom stereocenters. The van der Waals surface area contributed by atoms with E-state index in [1.54, 1.807) is 0 Å². The van der Waals surface area contributed by atoms with Crippen LogP contribution in [0.4, 0.5) is 0 Å². The van der Waals surface area contributed by atoms with Crippen molar-refractivity contribution in [1.82, 2.24) is 0 Å². The zero-order chi connectivity index (χ0) is 32.2. The van der Waals surface area contributed by atoms with Gasteiger partial charge >= 0.3 is 11.9 Å². The second-order valence-electron chi connectivity index (χ2n) is 14.6. The molecule has 0 aromatic carbocycles. The summed E-state index contributed by atoms with van der Waals surface area (Å²) in [4.78, 5) is 24.6. The smallest absolute Gasteiger partial charge is 0.302 e. The SMILES string of the molecule is CC(=O)OC(CCC1CC(OCCO)C(O)CC1C1CC[NH2+]C(N)C1)CC(OC(C)=O)C1CC(O)CCCC(CC(C)C)C1. The number of carbonyl (C=O) groups is 2. The van der Waals surface area contributed by atoms with Gasteiger partial charge in [-0.2, -0.15) is 0 Å². The normalized spacial score (nSPS) is 34.9. The lowest BCUT2D eigenvalue weighted by molar-refractivity contribution is -0.699. The highest BCUT2D eigenvalue weighted by Gasteiger charge is 2.43. The number of piperidine rings is 1. The van der Waals surface area contributed by atoms with E-state index in [1.807, 2.05) is 0 Å². The Morgan fingerprint density at radius 1 is 0.977 bits per heavy atom. The molecule has 10 nitrogen and oxygen atoms in total. The summed E-state index contributed by atoms with van der Waals surface area (Å²) in [5.74, 6) is 1.26. The summed E-state index contributed by atoms with van der Waals surface area (Å²) in [7, 11) is 0. The van der Waals surface area contributed by atoms with E-state index in [2.05, 4.69) is 19.2 Å². The molecule has 0 radical (unpaired) electrons. The van der Waals surface area contributed by atoms with Gasteiger partial charge in [-0.05, 0) is 93.3 Å². The number of ether oxygens (including phenoxy) is 3. The Labute approximate surface area is 265 Å². The Kier molecular flexibility index (Phi) is 15.8. The van der Waals surface area contributed by atoms with Gasteiger partial charge in [-0.15, -0.1) is 0 Å². The first-order valence-electron chi connectivity index (χ1n) is 17.5. The molecule has 3 fully saturated rings. The van der Waals surface area contributed by atoms with Crippen molar-refractivity contribution in [2.75, 3.05) is 19.8 Å². The molecule has 0 aromatic heterocycles. The predicted octanol–water partition coefficient (Wildman–Crippen LogP) is 2.65. The van der Waals surface area contributed by atoms with Gasteiger partial charge < -0.3 is 34.8 Å². The van der Waals surface area contributed by atoms with Crippen LogP contribution >= 0.6 is 0 Å². The molecule has 2 aliphatic carbocycles. The molecule has 3 rings (SSSR count). The first-order valence-corrected chi connectivity index (χ1v) is 17.5. The number of hydrogen-bond acceptors (Lipinski definition) is 9. The molecule has 0 amide bonds. The minimum absolute atomic E-state index is 0.00942. The van der Waals surface area contributed by atoms with Crippen molar-refractivity contribution in [3.63, 3.8) is 0 Å². The molecule has 1 heterocycles. The molecule has 1 saturated heterocycles. The van der Waals surface area contributed by atoms with E-state index >= 15 is 0 Å². The number of rotatable bonds is 14. The lowest BCUT2D eigenvalue weighted by Crippen LogP contribution is -2.94. The highest BCUT2D eigenvalue weighted by molar-refractivity contribution is 5.66. The zero-order valence-electron chi connectivity index (χ0n) is 27.8. The predicted molar refractivity (Wildman–Crippen MR) is 167 cm³/mol. The minimum Gasteiger partial charge on any atom is -0.462 e. The molecule has 0 bridgehead atoms. The molecular weight excluding hydrogens is 564 g/mol. The second-order valence-corrected chi connectivity index (χ2v) is 14.6. The summed E-state index contributed by atoms with van der Waals surface area (Å²) < 4.78 is 17.7. The Bertz CT molecular complexity index is 859. The van der Waals surface area contributed by atoms with Gasteiger partial charge in [0.1, 0.15) is 18.4 Å². The van der Waals surface area contributed by atoms with E-state index in [0.717, 1.165) is 57.9 Å². The zero-order valence-corrected chi connectivity index (χ0v) is 27.8. The Morgan fingerprint density at radius 3 is 2.39 bits per heavy atom. The maximum absolute atomic E-state index is 12.3. The van der Waals surface area contributed by atoms with Gasteiger partial charge in [-0.25, -0.2) is 0 Å². The summed E-state index contributed by atoms with van der Waals surface area (Å²) in [6, 6.07) is 0. The molecule has 2 saturated carbocycles. The van der Waals surface area contributed by atoms with Crippen molar-refractivity contribution in [2.24, 2.45) is 41.2 Å². The molecule has 0 aromatic rings. The van der Waals surface area contributed by atoms with Crippen LogP contribution in [0.15, 0.2) is 0 Å². The number of carbonyl (C=O) groups excluding carboxylic acids is 2. The molecule has 3 aliphatic rings. The molecule has 256 valence electrons. The first-order chi connectivity index (χ1) is 20.9. The number of esters is 2. The van der Waals surface area contributed by atoms with Crippen molar-refractivity contribution in [2.45, 2.75) is 148 Å². The van der Waals surface area contributed by atoms with E-state index in [4.69, 9.17) is 19.9 Å². The average molecular weight is 628 g/mol. The fourth-order valence-electron chi connectivity index (χ4n) is 8.63. The molecule has 7 N–H and O–H groups in total. The maximum Gasteiger partial charge on any atom is 0.302 e. The van der Waals surface area contributed by atoms with E-state index in [1.165, 1.54) is 13.8 Å². The van der Waals surface area contributed by atoms with Gasteiger partial charge in [0.2, 0.25) is 0 Å². The van der Waals surface area contributed by atoms with Crippen LogP contribution < -0.4 is 11.1 Å². The van der Waals surface area contributed by atoms with E-state index in [9.17, 15) is 24.9 Å². The van der Waals surface area contributed by atoms with Crippen LogP contribution in [-0.4, -0.2) is 83.7 Å². The third-order valence-corrected chi connectivity index (χ3v) is 10.4. The lowest BCUT2D eigenvalue weighted by atomic mass is 9.66. The highest BCUT2D eigenvalue weighted by atomic mass is 16.6. The van der Waals surface area contributed by atoms with Gasteiger partial charge in [0.15, 0.2) is 0 Å². The van der Waals surface area contributed by atoms with E-state index in [0.29, 0.717) is 49.9 Å². The Balaban J connectivity index is 1.78. The summed E-state index contributed by atoms with van der Waals surface area (Å²) in [6.07, 6.45) is 8.22. The summed E-state index contributed by atoms with van der Waals surface area (Å²) >= 11 is 0. The molecule has 0 spiro atoms. The Hall–Kier alpha value is -1.30. The second kappa shape index (κ2) is 18.7. The van der Waals surface area contributed by atoms with E-state index in [-0.39, 0.29) is 55.2 Å². The van der Waals surface area contributed by atoms with Gasteiger partial charge in [0.25, 0.3) is 0 Å². The molecular formula is C34H63N2O8+. The fraction of sp³-hybridized carbons (Fsp3) is 0.941. The largest absolute Gasteiger partial charge is 0.462 e. The van der Waals surface area contributed by atoms with Crippen LogP contribution in [0.25, 0.3) is 0 Å².